The highest BCUT2D eigenvalue weighted by atomic mass is 19.1. The van der Waals surface area contributed by atoms with Gasteiger partial charge < -0.3 is 5.73 Å². The number of rotatable bonds is 4. The van der Waals surface area contributed by atoms with Gasteiger partial charge in [0, 0.05) is 17.7 Å². The Kier molecular flexibility index (Phi) is 3.97. The molecule has 0 aliphatic heterocycles. The zero-order valence-electron chi connectivity index (χ0n) is 8.76. The molecule has 2 N–H and O–H groups in total. The Bertz CT molecular complexity index is 361. The van der Waals surface area contributed by atoms with E-state index >= 15 is 0 Å². The van der Waals surface area contributed by atoms with Crippen molar-refractivity contribution in [1.82, 2.24) is 0 Å². The van der Waals surface area contributed by atoms with Crippen molar-refractivity contribution in [2.24, 2.45) is 5.73 Å². The Labute approximate surface area is 88.6 Å². The van der Waals surface area contributed by atoms with Crippen LogP contribution in [0.5, 0.6) is 0 Å². The van der Waals surface area contributed by atoms with Crippen molar-refractivity contribution in [3.05, 3.63) is 47.5 Å². The third-order valence-electron chi connectivity index (χ3n) is 2.37. The van der Waals surface area contributed by atoms with Crippen LogP contribution in [-0.2, 0) is 0 Å². The minimum Gasteiger partial charge on any atom is -0.324 e. The molecule has 0 spiro atoms. The zero-order valence-corrected chi connectivity index (χ0v) is 8.76. The van der Waals surface area contributed by atoms with Gasteiger partial charge >= 0.3 is 0 Å². The van der Waals surface area contributed by atoms with Gasteiger partial charge in [-0.3, -0.25) is 0 Å². The first kappa shape index (κ1) is 11.9. The quantitative estimate of drug-likeness (QED) is 0.759. The summed E-state index contributed by atoms with van der Waals surface area (Å²) in [5.74, 6) is -1.18. The first-order chi connectivity index (χ1) is 7.04. The first-order valence-electron chi connectivity index (χ1n) is 4.91. The van der Waals surface area contributed by atoms with Gasteiger partial charge in [-0.2, -0.15) is 0 Å². The molecule has 3 heteroatoms. The van der Waals surface area contributed by atoms with Crippen molar-refractivity contribution in [3.63, 3.8) is 0 Å². The molecule has 1 aromatic carbocycles. The predicted octanol–water partition coefficient (Wildman–Crippen LogP) is 3.32. The van der Waals surface area contributed by atoms with Crippen molar-refractivity contribution >= 4 is 0 Å². The van der Waals surface area contributed by atoms with Crippen molar-refractivity contribution < 1.29 is 8.78 Å². The molecule has 0 aliphatic carbocycles. The molecule has 0 radical (unpaired) electrons. The van der Waals surface area contributed by atoms with Crippen LogP contribution in [0.25, 0.3) is 0 Å². The van der Waals surface area contributed by atoms with Gasteiger partial charge in [-0.25, -0.2) is 8.78 Å². The summed E-state index contributed by atoms with van der Waals surface area (Å²) >= 11 is 0. The summed E-state index contributed by atoms with van der Waals surface area (Å²) < 4.78 is 25.9. The summed E-state index contributed by atoms with van der Waals surface area (Å²) in [7, 11) is 0. The number of nitrogens with two attached hydrogens (primary N) is 1. The van der Waals surface area contributed by atoms with E-state index in [2.05, 4.69) is 6.58 Å². The van der Waals surface area contributed by atoms with Gasteiger partial charge in [-0.05, 0) is 18.9 Å². The van der Waals surface area contributed by atoms with E-state index in [1.807, 2.05) is 6.92 Å². The molecule has 0 saturated carbocycles. The topological polar surface area (TPSA) is 26.0 Å². The second kappa shape index (κ2) is 5.03. The van der Waals surface area contributed by atoms with Crippen molar-refractivity contribution in [3.8, 4) is 0 Å². The maximum absolute atomic E-state index is 13.3. The van der Waals surface area contributed by atoms with E-state index in [0.29, 0.717) is 12.0 Å². The van der Waals surface area contributed by atoms with Crippen LogP contribution in [0.1, 0.15) is 31.4 Å². The minimum atomic E-state index is -0.591. The highest BCUT2D eigenvalue weighted by molar-refractivity contribution is 5.23. The smallest absolute Gasteiger partial charge is 0.130 e. The molecule has 82 valence electrons. The monoisotopic (exact) mass is 211 g/mol. The maximum Gasteiger partial charge on any atom is 0.130 e. The Morgan fingerprint density at radius 1 is 1.47 bits per heavy atom. The third kappa shape index (κ3) is 3.13. The van der Waals surface area contributed by atoms with Gasteiger partial charge in [0.05, 0.1) is 0 Å². The average molecular weight is 211 g/mol. The molecule has 0 saturated heterocycles. The Morgan fingerprint density at radius 3 is 2.67 bits per heavy atom. The second-order valence-electron chi connectivity index (χ2n) is 3.58. The summed E-state index contributed by atoms with van der Waals surface area (Å²) in [5, 5.41) is 0. The van der Waals surface area contributed by atoms with Crippen LogP contribution in [0.15, 0.2) is 30.4 Å². The standard InChI is InChI=1S/C12H15F2N/c1-3-8(2)6-12(15)10-5-4-9(13)7-11(10)14/h4-5,7,12H,2-3,6,15H2,1H3. The Hall–Kier alpha value is -1.22. The maximum atomic E-state index is 13.3. The Balaban J connectivity index is 2.82. The molecule has 0 aliphatic rings. The van der Waals surface area contributed by atoms with Crippen LogP contribution in [-0.4, -0.2) is 0 Å². The van der Waals surface area contributed by atoms with E-state index < -0.39 is 17.7 Å². The lowest BCUT2D eigenvalue weighted by Gasteiger charge is -2.13. The average Bonchev–Trinajstić information content (AvgIpc) is 2.17. The van der Waals surface area contributed by atoms with Gasteiger partial charge in [0.15, 0.2) is 0 Å². The van der Waals surface area contributed by atoms with Crippen molar-refractivity contribution in [2.45, 2.75) is 25.8 Å². The second-order valence-corrected chi connectivity index (χ2v) is 3.58. The number of hydrogen-bond acceptors (Lipinski definition) is 1. The van der Waals surface area contributed by atoms with E-state index in [9.17, 15) is 8.78 Å². The van der Waals surface area contributed by atoms with Crippen molar-refractivity contribution in [2.75, 3.05) is 0 Å². The molecule has 0 heterocycles. The highest BCUT2D eigenvalue weighted by Gasteiger charge is 2.12. The molecule has 1 nitrogen and oxygen atoms in total. The van der Waals surface area contributed by atoms with Crippen LogP contribution in [0.2, 0.25) is 0 Å². The van der Waals surface area contributed by atoms with Crippen LogP contribution >= 0.6 is 0 Å². The summed E-state index contributed by atoms with van der Waals surface area (Å²) in [6, 6.07) is 3.01. The summed E-state index contributed by atoms with van der Waals surface area (Å²) in [5.41, 5.74) is 7.10. The molecule has 0 amide bonds. The summed E-state index contributed by atoms with van der Waals surface area (Å²) in [6.45, 7) is 5.78. The van der Waals surface area contributed by atoms with E-state index in [1.54, 1.807) is 0 Å². The Morgan fingerprint density at radius 2 is 2.13 bits per heavy atom. The fraction of sp³-hybridized carbons (Fsp3) is 0.333. The largest absolute Gasteiger partial charge is 0.324 e. The number of halogens is 2. The SMILES string of the molecule is C=C(CC)CC(N)c1ccc(F)cc1F. The molecule has 1 aromatic rings. The van der Waals surface area contributed by atoms with Crippen LogP contribution < -0.4 is 5.73 Å². The predicted molar refractivity (Wildman–Crippen MR) is 57.3 cm³/mol. The van der Waals surface area contributed by atoms with Gasteiger partial charge in [-0.1, -0.05) is 25.1 Å². The molecule has 1 rings (SSSR count). The van der Waals surface area contributed by atoms with E-state index in [-0.39, 0.29) is 0 Å². The zero-order chi connectivity index (χ0) is 11.4. The van der Waals surface area contributed by atoms with Crippen LogP contribution in [0.3, 0.4) is 0 Å². The molecule has 0 bridgehead atoms. The van der Waals surface area contributed by atoms with Gasteiger partial charge in [0.1, 0.15) is 11.6 Å². The molecule has 0 aromatic heterocycles. The fourth-order valence-electron chi connectivity index (χ4n) is 1.37. The molecule has 1 atom stereocenters. The lowest BCUT2D eigenvalue weighted by molar-refractivity contribution is 0.552. The van der Waals surface area contributed by atoms with Gasteiger partial charge in [0.25, 0.3) is 0 Å². The third-order valence-corrected chi connectivity index (χ3v) is 2.37. The van der Waals surface area contributed by atoms with Gasteiger partial charge in [-0.15, -0.1) is 0 Å². The van der Waals surface area contributed by atoms with Crippen LogP contribution in [0, 0.1) is 11.6 Å². The molecular weight excluding hydrogens is 196 g/mol. The number of benzene rings is 1. The van der Waals surface area contributed by atoms with Crippen molar-refractivity contribution in [1.29, 1.82) is 0 Å². The lowest BCUT2D eigenvalue weighted by Crippen LogP contribution is -2.12. The van der Waals surface area contributed by atoms with Crippen LogP contribution in [0.4, 0.5) is 8.78 Å². The normalized spacial score (nSPS) is 12.5. The number of hydrogen-bond donors (Lipinski definition) is 1. The minimum absolute atomic E-state index is 0.339. The van der Waals surface area contributed by atoms with E-state index in [4.69, 9.17) is 5.73 Å². The van der Waals surface area contributed by atoms with Gasteiger partial charge in [0.2, 0.25) is 0 Å². The summed E-state index contributed by atoms with van der Waals surface area (Å²) in [4.78, 5) is 0. The fourth-order valence-corrected chi connectivity index (χ4v) is 1.37. The molecule has 1 unspecified atom stereocenters. The highest BCUT2D eigenvalue weighted by Crippen LogP contribution is 2.22. The van der Waals surface area contributed by atoms with E-state index in [0.717, 1.165) is 18.1 Å². The summed E-state index contributed by atoms with van der Waals surface area (Å²) in [6.07, 6.45) is 1.34. The molecule has 15 heavy (non-hydrogen) atoms. The molecular formula is C12H15F2N. The molecule has 0 fully saturated rings. The first-order valence-corrected chi connectivity index (χ1v) is 4.91. The lowest BCUT2D eigenvalue weighted by atomic mass is 9.99. The van der Waals surface area contributed by atoms with E-state index in [1.165, 1.54) is 12.1 Å².